The highest BCUT2D eigenvalue weighted by atomic mass is 16.6. The zero-order valence-electron chi connectivity index (χ0n) is 17.4. The lowest BCUT2D eigenvalue weighted by molar-refractivity contribution is -0.384. The number of carbonyl (C=O) groups is 2. The number of ether oxygens (including phenoxy) is 1. The molecule has 0 saturated carbocycles. The van der Waals surface area contributed by atoms with Gasteiger partial charge in [-0.2, -0.15) is 5.10 Å². The van der Waals surface area contributed by atoms with E-state index in [0.717, 1.165) is 0 Å². The van der Waals surface area contributed by atoms with Gasteiger partial charge in [0.15, 0.2) is 0 Å². The third-order valence-corrected chi connectivity index (χ3v) is 5.00. The quantitative estimate of drug-likeness (QED) is 0.448. The van der Waals surface area contributed by atoms with Gasteiger partial charge in [0.05, 0.1) is 23.5 Å². The van der Waals surface area contributed by atoms with Crippen molar-refractivity contribution in [2.45, 2.75) is 25.8 Å². The molecule has 0 saturated heterocycles. The van der Waals surface area contributed by atoms with Crippen LogP contribution < -0.4 is 0 Å². The highest BCUT2D eigenvalue weighted by Gasteiger charge is 2.35. The van der Waals surface area contributed by atoms with E-state index in [-0.39, 0.29) is 30.5 Å². The number of nitro benzene ring substituents is 1. The van der Waals surface area contributed by atoms with Crippen molar-refractivity contribution in [1.82, 2.24) is 9.91 Å². The van der Waals surface area contributed by atoms with Crippen LogP contribution in [-0.2, 0) is 14.3 Å². The summed E-state index contributed by atoms with van der Waals surface area (Å²) < 4.78 is 10.6. The zero-order valence-corrected chi connectivity index (χ0v) is 17.4. The SMILES string of the molecule is CCC(=O)N(CCOC)CC(=O)N1N=C(c2ccc([N+](=O)[O-])cc2)C[C@H]1c1ccco1. The van der Waals surface area contributed by atoms with E-state index >= 15 is 0 Å². The Kier molecular flexibility index (Phi) is 7.14. The Morgan fingerprint density at radius 2 is 2.06 bits per heavy atom. The Labute approximate surface area is 179 Å². The molecule has 1 aromatic carbocycles. The summed E-state index contributed by atoms with van der Waals surface area (Å²) in [5.74, 6) is 0.0641. The van der Waals surface area contributed by atoms with Crippen molar-refractivity contribution in [1.29, 1.82) is 0 Å². The molecule has 10 nitrogen and oxygen atoms in total. The van der Waals surface area contributed by atoms with Gasteiger partial charge < -0.3 is 14.1 Å². The maximum Gasteiger partial charge on any atom is 0.269 e. The summed E-state index contributed by atoms with van der Waals surface area (Å²) in [5, 5.41) is 16.7. The van der Waals surface area contributed by atoms with Crippen LogP contribution in [0.1, 0.15) is 37.1 Å². The Balaban J connectivity index is 1.85. The number of hydrogen-bond donors (Lipinski definition) is 0. The number of hydrogen-bond acceptors (Lipinski definition) is 7. The number of amides is 2. The van der Waals surface area contributed by atoms with Crippen molar-refractivity contribution in [3.8, 4) is 0 Å². The second kappa shape index (κ2) is 9.98. The van der Waals surface area contributed by atoms with Crippen LogP contribution in [0.4, 0.5) is 5.69 Å². The molecule has 0 aliphatic carbocycles. The minimum Gasteiger partial charge on any atom is -0.467 e. The molecule has 164 valence electrons. The molecule has 0 unspecified atom stereocenters. The van der Waals surface area contributed by atoms with Gasteiger partial charge in [-0.05, 0) is 29.8 Å². The minimum absolute atomic E-state index is 0.0234. The number of carbonyl (C=O) groups excluding carboxylic acids is 2. The van der Waals surface area contributed by atoms with Gasteiger partial charge in [-0.25, -0.2) is 5.01 Å². The summed E-state index contributed by atoms with van der Waals surface area (Å²) in [6.45, 7) is 2.22. The van der Waals surface area contributed by atoms with Gasteiger partial charge in [0.1, 0.15) is 18.3 Å². The fourth-order valence-electron chi connectivity index (χ4n) is 3.35. The van der Waals surface area contributed by atoms with Gasteiger partial charge in [-0.3, -0.25) is 19.7 Å². The van der Waals surface area contributed by atoms with Crippen LogP contribution in [0.15, 0.2) is 52.2 Å². The van der Waals surface area contributed by atoms with Crippen molar-refractivity contribution < 1.29 is 23.7 Å². The van der Waals surface area contributed by atoms with Crippen molar-refractivity contribution in [3.63, 3.8) is 0 Å². The first-order chi connectivity index (χ1) is 14.9. The molecule has 2 amide bonds. The molecular formula is C21H24N4O6. The van der Waals surface area contributed by atoms with Gasteiger partial charge in [0, 0.05) is 38.6 Å². The third kappa shape index (κ3) is 5.15. The van der Waals surface area contributed by atoms with E-state index in [1.165, 1.54) is 35.4 Å². The fourth-order valence-corrected chi connectivity index (χ4v) is 3.35. The van der Waals surface area contributed by atoms with Crippen LogP contribution >= 0.6 is 0 Å². The Morgan fingerprint density at radius 1 is 1.32 bits per heavy atom. The van der Waals surface area contributed by atoms with E-state index in [1.54, 1.807) is 31.2 Å². The number of non-ortho nitro benzene ring substituents is 1. The number of hydrazone groups is 1. The molecule has 10 heteroatoms. The first-order valence-corrected chi connectivity index (χ1v) is 9.89. The minimum atomic E-state index is -0.471. The number of rotatable bonds is 9. The van der Waals surface area contributed by atoms with Gasteiger partial charge in [-0.1, -0.05) is 6.92 Å². The Bertz CT molecular complexity index is 955. The maximum atomic E-state index is 13.1. The number of methoxy groups -OCH3 is 1. The van der Waals surface area contributed by atoms with E-state index in [9.17, 15) is 19.7 Å². The average molecular weight is 428 g/mol. The van der Waals surface area contributed by atoms with Crippen molar-refractivity contribution in [2.75, 3.05) is 26.8 Å². The lowest BCUT2D eigenvalue weighted by Gasteiger charge is -2.25. The molecular weight excluding hydrogens is 404 g/mol. The smallest absolute Gasteiger partial charge is 0.269 e. The molecule has 0 radical (unpaired) electrons. The molecule has 0 spiro atoms. The Hall–Kier alpha value is -3.53. The van der Waals surface area contributed by atoms with Gasteiger partial charge >= 0.3 is 0 Å². The molecule has 1 aromatic heterocycles. The summed E-state index contributed by atoms with van der Waals surface area (Å²) in [4.78, 5) is 37.2. The van der Waals surface area contributed by atoms with Crippen molar-refractivity contribution in [2.24, 2.45) is 5.10 Å². The number of benzene rings is 1. The van der Waals surface area contributed by atoms with Crippen LogP contribution in [0, 0.1) is 10.1 Å². The van der Waals surface area contributed by atoms with Crippen LogP contribution in [-0.4, -0.2) is 59.2 Å². The first-order valence-electron chi connectivity index (χ1n) is 9.89. The third-order valence-electron chi connectivity index (χ3n) is 5.00. The second-order valence-corrected chi connectivity index (χ2v) is 6.99. The van der Waals surface area contributed by atoms with Gasteiger partial charge in [0.2, 0.25) is 5.91 Å². The molecule has 1 aliphatic heterocycles. The molecule has 3 rings (SSSR count). The highest BCUT2D eigenvalue weighted by Crippen LogP contribution is 2.33. The summed E-state index contributed by atoms with van der Waals surface area (Å²) in [6.07, 6.45) is 2.18. The fraction of sp³-hybridized carbons (Fsp3) is 0.381. The zero-order chi connectivity index (χ0) is 22.4. The molecule has 31 heavy (non-hydrogen) atoms. The predicted molar refractivity (Wildman–Crippen MR) is 111 cm³/mol. The lowest BCUT2D eigenvalue weighted by atomic mass is 10.0. The van der Waals surface area contributed by atoms with Gasteiger partial charge in [-0.15, -0.1) is 0 Å². The van der Waals surface area contributed by atoms with Crippen LogP contribution in [0.25, 0.3) is 0 Å². The summed E-state index contributed by atoms with van der Waals surface area (Å²) in [6, 6.07) is 9.04. The molecule has 2 heterocycles. The van der Waals surface area contributed by atoms with Crippen LogP contribution in [0.3, 0.4) is 0 Å². The summed E-state index contributed by atoms with van der Waals surface area (Å²) >= 11 is 0. The molecule has 0 N–H and O–H groups in total. The van der Waals surface area contributed by atoms with Crippen LogP contribution in [0.5, 0.6) is 0 Å². The topological polar surface area (TPSA) is 118 Å². The standard InChI is InChI=1S/C21H24N4O6/c1-3-20(26)23(10-12-30-2)14-21(27)24-18(19-5-4-11-31-19)13-17(22-24)15-6-8-16(9-7-15)25(28)29/h4-9,11,18H,3,10,12-14H2,1-2H3/t18-/m0/s1. The normalized spacial score (nSPS) is 15.6. The van der Waals surface area contributed by atoms with E-state index in [2.05, 4.69) is 5.10 Å². The lowest BCUT2D eigenvalue weighted by Crippen LogP contribution is -2.42. The first kappa shape index (κ1) is 22.2. The predicted octanol–water partition coefficient (Wildman–Crippen LogP) is 2.75. The highest BCUT2D eigenvalue weighted by molar-refractivity contribution is 6.03. The number of furan rings is 1. The van der Waals surface area contributed by atoms with E-state index in [0.29, 0.717) is 36.6 Å². The van der Waals surface area contributed by atoms with Crippen molar-refractivity contribution in [3.05, 3.63) is 64.1 Å². The molecule has 1 aliphatic rings. The van der Waals surface area contributed by atoms with Gasteiger partial charge in [0.25, 0.3) is 11.6 Å². The van der Waals surface area contributed by atoms with Crippen molar-refractivity contribution >= 4 is 23.2 Å². The summed E-state index contributed by atoms with van der Waals surface area (Å²) in [7, 11) is 1.53. The summed E-state index contributed by atoms with van der Waals surface area (Å²) in [5.41, 5.74) is 1.26. The second-order valence-electron chi connectivity index (χ2n) is 6.99. The average Bonchev–Trinajstić information content (AvgIpc) is 3.46. The number of nitrogens with zero attached hydrogens (tertiary/aromatic N) is 4. The maximum absolute atomic E-state index is 13.1. The molecule has 0 fully saturated rings. The van der Waals surface area contributed by atoms with E-state index in [1.807, 2.05) is 0 Å². The molecule has 1 atom stereocenters. The van der Waals surface area contributed by atoms with E-state index in [4.69, 9.17) is 9.15 Å². The Morgan fingerprint density at radius 3 is 2.65 bits per heavy atom. The monoisotopic (exact) mass is 428 g/mol. The molecule has 2 aromatic rings. The van der Waals surface area contributed by atoms with Crippen LogP contribution in [0.2, 0.25) is 0 Å². The van der Waals surface area contributed by atoms with E-state index < -0.39 is 11.0 Å². The number of nitro groups is 1. The largest absolute Gasteiger partial charge is 0.467 e. The molecule has 0 bridgehead atoms.